The van der Waals surface area contributed by atoms with Crippen LogP contribution in [-0.4, -0.2) is 31.6 Å². The third-order valence-corrected chi connectivity index (χ3v) is 5.89. The molecule has 0 saturated heterocycles. The predicted molar refractivity (Wildman–Crippen MR) is 133 cm³/mol. The molecule has 0 spiro atoms. The van der Waals surface area contributed by atoms with Crippen LogP contribution in [0.1, 0.15) is 45.7 Å². The van der Waals surface area contributed by atoms with Crippen LogP contribution in [0.25, 0.3) is 0 Å². The Morgan fingerprint density at radius 1 is 0.912 bits per heavy atom. The number of hydrogen-bond acceptors (Lipinski definition) is 4. The normalized spacial score (nSPS) is 12.3. The van der Waals surface area contributed by atoms with Crippen LogP contribution in [0.2, 0.25) is 5.02 Å². The molecule has 3 aromatic carbocycles. The molecule has 7 heteroatoms. The van der Waals surface area contributed by atoms with Crippen molar-refractivity contribution in [3.63, 3.8) is 0 Å². The number of carbonyl (C=O) groups is 2. The molecule has 3 aromatic rings. The fourth-order valence-corrected chi connectivity index (χ4v) is 4.13. The highest BCUT2D eigenvalue weighted by Crippen LogP contribution is 2.31. The number of anilines is 1. The second-order valence-corrected chi connectivity index (χ2v) is 8.32. The third-order valence-electron chi connectivity index (χ3n) is 5.63. The standard InChI is InChI=1S/C27H27ClN2O4/c1-3-33-24-12-8-21(16-25(24)34-4-2)26(31)29-17-18-5-11-23-20(15-18)13-14-30(23)27(32)19-6-9-22(28)10-7-19/h5-12,15-16H,3-4,13-14,17H2,1-2H3,(H,29,31). The molecule has 0 unspecified atom stereocenters. The van der Waals surface area contributed by atoms with Gasteiger partial charge in [0.1, 0.15) is 0 Å². The molecule has 1 N–H and O–H groups in total. The van der Waals surface area contributed by atoms with Gasteiger partial charge in [-0.3, -0.25) is 9.59 Å². The summed E-state index contributed by atoms with van der Waals surface area (Å²) in [6.07, 6.45) is 0.771. The van der Waals surface area contributed by atoms with Gasteiger partial charge < -0.3 is 19.7 Å². The molecule has 4 rings (SSSR count). The summed E-state index contributed by atoms with van der Waals surface area (Å²) in [6.45, 7) is 5.80. The Morgan fingerprint density at radius 3 is 2.35 bits per heavy atom. The van der Waals surface area contributed by atoms with Crippen LogP contribution >= 0.6 is 11.6 Å². The first kappa shape index (κ1) is 23.6. The average Bonchev–Trinajstić information content (AvgIpc) is 3.27. The predicted octanol–water partition coefficient (Wildman–Crippen LogP) is 5.27. The summed E-state index contributed by atoms with van der Waals surface area (Å²) in [5, 5.41) is 3.57. The fraction of sp³-hybridized carbons (Fsp3) is 0.259. The fourth-order valence-electron chi connectivity index (χ4n) is 4.00. The van der Waals surface area contributed by atoms with Gasteiger partial charge in [-0.25, -0.2) is 0 Å². The van der Waals surface area contributed by atoms with Crippen molar-refractivity contribution >= 4 is 29.1 Å². The van der Waals surface area contributed by atoms with Gasteiger partial charge in [-0.05, 0) is 79.9 Å². The number of hydrogen-bond donors (Lipinski definition) is 1. The summed E-state index contributed by atoms with van der Waals surface area (Å²) in [5.41, 5.74) is 4.09. The van der Waals surface area contributed by atoms with Crippen molar-refractivity contribution in [3.05, 3.63) is 87.9 Å². The molecule has 0 aromatic heterocycles. The van der Waals surface area contributed by atoms with Crippen molar-refractivity contribution in [2.24, 2.45) is 0 Å². The Kier molecular flexibility index (Phi) is 7.38. The molecule has 0 atom stereocenters. The van der Waals surface area contributed by atoms with Gasteiger partial charge in [0.15, 0.2) is 11.5 Å². The maximum Gasteiger partial charge on any atom is 0.258 e. The minimum absolute atomic E-state index is 0.0444. The van der Waals surface area contributed by atoms with E-state index in [1.165, 1.54) is 0 Å². The molecule has 0 bridgehead atoms. The van der Waals surface area contributed by atoms with Crippen molar-refractivity contribution in [2.75, 3.05) is 24.7 Å². The maximum atomic E-state index is 12.9. The van der Waals surface area contributed by atoms with E-state index < -0.39 is 0 Å². The van der Waals surface area contributed by atoms with Crippen LogP contribution < -0.4 is 19.7 Å². The van der Waals surface area contributed by atoms with E-state index in [4.69, 9.17) is 21.1 Å². The Labute approximate surface area is 204 Å². The van der Waals surface area contributed by atoms with E-state index in [1.807, 2.05) is 26.0 Å². The lowest BCUT2D eigenvalue weighted by molar-refractivity contribution is 0.0949. The van der Waals surface area contributed by atoms with Gasteiger partial charge in [0.05, 0.1) is 13.2 Å². The Hall–Kier alpha value is -3.51. The van der Waals surface area contributed by atoms with Gasteiger partial charge in [0.25, 0.3) is 11.8 Å². The van der Waals surface area contributed by atoms with Crippen LogP contribution in [0.4, 0.5) is 5.69 Å². The van der Waals surface area contributed by atoms with Gasteiger partial charge in [-0.2, -0.15) is 0 Å². The quantitative estimate of drug-likeness (QED) is 0.479. The second-order valence-electron chi connectivity index (χ2n) is 7.89. The highest BCUT2D eigenvalue weighted by molar-refractivity contribution is 6.30. The molecule has 0 saturated carbocycles. The molecule has 0 aliphatic carbocycles. The monoisotopic (exact) mass is 478 g/mol. The Morgan fingerprint density at radius 2 is 1.62 bits per heavy atom. The van der Waals surface area contributed by atoms with Crippen molar-refractivity contribution < 1.29 is 19.1 Å². The molecule has 1 aliphatic rings. The van der Waals surface area contributed by atoms with Crippen molar-refractivity contribution in [2.45, 2.75) is 26.8 Å². The van der Waals surface area contributed by atoms with E-state index in [0.717, 1.165) is 23.2 Å². The number of ether oxygens (including phenoxy) is 2. The summed E-state index contributed by atoms with van der Waals surface area (Å²) in [6, 6.07) is 18.0. The molecular weight excluding hydrogens is 452 g/mol. The first-order chi connectivity index (χ1) is 16.5. The number of carbonyl (C=O) groups excluding carboxylic acids is 2. The zero-order valence-electron chi connectivity index (χ0n) is 19.3. The van der Waals surface area contributed by atoms with E-state index in [9.17, 15) is 9.59 Å². The molecule has 34 heavy (non-hydrogen) atoms. The minimum atomic E-state index is -0.191. The van der Waals surface area contributed by atoms with Crippen molar-refractivity contribution in [1.82, 2.24) is 5.32 Å². The molecule has 6 nitrogen and oxygen atoms in total. The van der Waals surface area contributed by atoms with E-state index in [0.29, 0.717) is 54.0 Å². The van der Waals surface area contributed by atoms with Gasteiger partial charge in [-0.15, -0.1) is 0 Å². The van der Waals surface area contributed by atoms with Crippen LogP contribution in [0.5, 0.6) is 11.5 Å². The number of fused-ring (bicyclic) bond motifs is 1. The Bertz CT molecular complexity index is 1190. The molecule has 0 radical (unpaired) electrons. The highest BCUT2D eigenvalue weighted by atomic mass is 35.5. The number of halogens is 1. The minimum Gasteiger partial charge on any atom is -0.490 e. The van der Waals surface area contributed by atoms with Gasteiger partial charge in [-0.1, -0.05) is 23.7 Å². The molecule has 1 aliphatic heterocycles. The summed E-state index contributed by atoms with van der Waals surface area (Å²) in [5.74, 6) is 0.943. The van der Waals surface area contributed by atoms with Crippen LogP contribution in [0, 0.1) is 0 Å². The van der Waals surface area contributed by atoms with E-state index in [1.54, 1.807) is 47.4 Å². The highest BCUT2D eigenvalue weighted by Gasteiger charge is 2.25. The van der Waals surface area contributed by atoms with Gasteiger partial charge in [0.2, 0.25) is 0 Å². The lowest BCUT2D eigenvalue weighted by atomic mass is 10.1. The lowest BCUT2D eigenvalue weighted by Crippen LogP contribution is -2.28. The summed E-state index contributed by atoms with van der Waals surface area (Å²) in [7, 11) is 0. The maximum absolute atomic E-state index is 12.9. The molecule has 2 amide bonds. The van der Waals surface area contributed by atoms with Crippen molar-refractivity contribution in [3.8, 4) is 11.5 Å². The smallest absolute Gasteiger partial charge is 0.258 e. The first-order valence-corrected chi connectivity index (χ1v) is 11.7. The molecule has 0 fully saturated rings. The first-order valence-electron chi connectivity index (χ1n) is 11.4. The number of rotatable bonds is 8. The zero-order chi connectivity index (χ0) is 24.1. The van der Waals surface area contributed by atoms with Crippen LogP contribution in [-0.2, 0) is 13.0 Å². The lowest BCUT2D eigenvalue weighted by Gasteiger charge is -2.18. The van der Waals surface area contributed by atoms with Crippen molar-refractivity contribution in [1.29, 1.82) is 0 Å². The molecular formula is C27H27ClN2O4. The second kappa shape index (κ2) is 10.6. The number of amides is 2. The average molecular weight is 479 g/mol. The number of nitrogens with one attached hydrogen (secondary N) is 1. The molecule has 1 heterocycles. The summed E-state index contributed by atoms with van der Waals surface area (Å²) >= 11 is 5.94. The number of nitrogens with zero attached hydrogens (tertiary/aromatic N) is 1. The summed E-state index contributed by atoms with van der Waals surface area (Å²) in [4.78, 5) is 27.4. The molecule has 176 valence electrons. The zero-order valence-corrected chi connectivity index (χ0v) is 20.0. The van der Waals surface area contributed by atoms with E-state index in [2.05, 4.69) is 11.4 Å². The third kappa shape index (κ3) is 5.18. The van der Waals surface area contributed by atoms with Gasteiger partial charge in [0, 0.05) is 34.9 Å². The largest absolute Gasteiger partial charge is 0.490 e. The SMILES string of the molecule is CCOc1ccc(C(=O)NCc2ccc3c(c2)CCN3C(=O)c2ccc(Cl)cc2)cc1OCC. The number of benzene rings is 3. The topological polar surface area (TPSA) is 67.9 Å². The van der Waals surface area contributed by atoms with E-state index >= 15 is 0 Å². The summed E-state index contributed by atoms with van der Waals surface area (Å²) < 4.78 is 11.2. The van der Waals surface area contributed by atoms with E-state index in [-0.39, 0.29) is 11.8 Å². The van der Waals surface area contributed by atoms with Crippen LogP contribution in [0.15, 0.2) is 60.7 Å². The van der Waals surface area contributed by atoms with Crippen LogP contribution in [0.3, 0.4) is 0 Å². The Balaban J connectivity index is 1.42. The van der Waals surface area contributed by atoms with Gasteiger partial charge >= 0.3 is 0 Å².